The van der Waals surface area contributed by atoms with E-state index in [1.54, 1.807) is 0 Å². The third kappa shape index (κ3) is 14.7. The van der Waals surface area contributed by atoms with Crippen molar-refractivity contribution in [2.45, 2.75) is 120 Å². The molecule has 1 aliphatic rings. The van der Waals surface area contributed by atoms with E-state index in [0.29, 0.717) is 5.92 Å². The molecule has 1 unspecified atom stereocenters. The summed E-state index contributed by atoms with van der Waals surface area (Å²) < 4.78 is 6.30. The molecule has 2 heterocycles. The minimum atomic E-state index is 0.0185. The summed E-state index contributed by atoms with van der Waals surface area (Å²) in [5.41, 5.74) is 6.68. The lowest BCUT2D eigenvalue weighted by atomic mass is 10.0. The Bertz CT molecular complexity index is 1530. The molecule has 1 aliphatic heterocycles. The van der Waals surface area contributed by atoms with Crippen molar-refractivity contribution in [3.05, 3.63) is 107 Å². The predicted molar refractivity (Wildman–Crippen MR) is 217 cm³/mol. The number of anilines is 2. The lowest BCUT2D eigenvalue weighted by Crippen LogP contribution is -2.30. The molecular formula is C44H64N4O2. The van der Waals surface area contributed by atoms with Gasteiger partial charge in [-0.1, -0.05) is 89.8 Å². The summed E-state index contributed by atoms with van der Waals surface area (Å²) in [5, 5.41) is 3.63. The van der Waals surface area contributed by atoms with Crippen molar-refractivity contribution in [1.29, 1.82) is 0 Å². The number of benzene rings is 1. The second kappa shape index (κ2) is 23.3. The number of hydrogen-bond acceptors (Lipinski definition) is 5. The zero-order valence-corrected chi connectivity index (χ0v) is 32.6. The molecule has 1 atom stereocenters. The normalized spacial score (nSPS) is 15.4. The zero-order chi connectivity index (χ0) is 36.9. The van der Waals surface area contributed by atoms with Crippen molar-refractivity contribution in [3.8, 4) is 5.75 Å². The second-order valence-electron chi connectivity index (χ2n) is 13.4. The van der Waals surface area contributed by atoms with Gasteiger partial charge in [0.1, 0.15) is 23.0 Å². The number of fused-ring (bicyclic) bond motifs is 1. The van der Waals surface area contributed by atoms with E-state index in [1.807, 2.05) is 31.3 Å². The van der Waals surface area contributed by atoms with Crippen LogP contribution in [0.3, 0.4) is 0 Å². The van der Waals surface area contributed by atoms with Gasteiger partial charge in [-0.25, -0.2) is 9.98 Å². The van der Waals surface area contributed by atoms with Gasteiger partial charge in [-0.05, 0) is 126 Å². The zero-order valence-electron chi connectivity index (χ0n) is 32.6. The Hall–Kier alpha value is -4.19. The first-order chi connectivity index (χ1) is 24.1. The maximum Gasteiger partial charge on any atom is 0.156 e. The van der Waals surface area contributed by atoms with Gasteiger partial charge in [0.2, 0.25) is 0 Å². The number of aryl methyl sites for hydroxylation is 3. The average Bonchev–Trinajstić information content (AvgIpc) is 3.25. The number of amidine groups is 1. The number of aliphatic imine (C=N–C) groups is 1. The predicted octanol–water partition coefficient (Wildman–Crippen LogP) is 11.8. The van der Waals surface area contributed by atoms with Crippen molar-refractivity contribution in [1.82, 2.24) is 4.98 Å². The number of unbranched alkanes of at least 4 members (excludes halogenated alkanes) is 4. The Kier molecular flexibility index (Phi) is 19.5. The van der Waals surface area contributed by atoms with Gasteiger partial charge in [-0.2, -0.15) is 0 Å². The molecule has 1 aromatic carbocycles. The molecule has 50 heavy (non-hydrogen) atoms. The number of rotatable bonds is 16. The number of carbonyl (C=O) groups excluding carboxylic acids is 1. The summed E-state index contributed by atoms with van der Waals surface area (Å²) >= 11 is 0. The minimum Gasteiger partial charge on any atom is -0.457 e. The van der Waals surface area contributed by atoms with E-state index >= 15 is 0 Å². The van der Waals surface area contributed by atoms with Crippen LogP contribution in [0.4, 0.5) is 11.5 Å². The van der Waals surface area contributed by atoms with Gasteiger partial charge in [0, 0.05) is 25.0 Å². The van der Waals surface area contributed by atoms with Crippen LogP contribution in [0.25, 0.3) is 0 Å². The maximum absolute atomic E-state index is 9.69. The standard InChI is InChI=1S/C40H58N4O.C4H6O/c1-9-13-16-25-41-39(38-33(8)27-34-21-19-31(6)29-44(40(34)43-38)26-17-14-10-2)42-35-22-24-37(32(7)28-35)45-36(12-4)23-20-30(5)18-15-11-3;1-3-4(2)5/h12,16,18,20,22-25,27-28,31H,9-11,13-15,17,19,21,26,29H2,1-8H3,(H,41,42);3H,1H2,2H3/b23-20-,25-16+,30-18+,36-12+;. The molecule has 0 radical (unpaired) electrons. The summed E-state index contributed by atoms with van der Waals surface area (Å²) in [6.45, 7) is 24.2. The van der Waals surface area contributed by atoms with E-state index < -0.39 is 0 Å². The number of aromatic nitrogens is 1. The number of ether oxygens (including phenoxy) is 1. The summed E-state index contributed by atoms with van der Waals surface area (Å²) in [5.74, 6) is 4.24. The van der Waals surface area contributed by atoms with Crippen LogP contribution in [-0.4, -0.2) is 29.7 Å². The molecule has 0 spiro atoms. The number of nitrogens with zero attached hydrogens (tertiary/aromatic N) is 3. The topological polar surface area (TPSA) is 66.8 Å². The molecule has 0 amide bonds. The maximum atomic E-state index is 9.69. The number of allylic oxidation sites excluding steroid dienone is 7. The molecule has 1 N–H and O–H groups in total. The Morgan fingerprint density at radius 1 is 1.06 bits per heavy atom. The van der Waals surface area contributed by atoms with Crippen LogP contribution in [0.2, 0.25) is 0 Å². The van der Waals surface area contributed by atoms with Gasteiger partial charge < -0.3 is 15.0 Å². The fraction of sp³-hybridized carbons (Fsp3) is 0.477. The number of carbonyl (C=O) groups is 1. The summed E-state index contributed by atoms with van der Waals surface area (Å²) in [4.78, 5) is 22.5. The molecular weight excluding hydrogens is 617 g/mol. The highest BCUT2D eigenvalue weighted by Crippen LogP contribution is 2.30. The van der Waals surface area contributed by atoms with Crippen molar-refractivity contribution in [2.75, 3.05) is 23.3 Å². The first-order valence-corrected chi connectivity index (χ1v) is 18.7. The van der Waals surface area contributed by atoms with Gasteiger partial charge in [-0.3, -0.25) is 4.79 Å². The molecule has 0 saturated carbocycles. The fourth-order valence-electron chi connectivity index (χ4n) is 5.53. The van der Waals surface area contributed by atoms with E-state index in [-0.39, 0.29) is 5.78 Å². The molecule has 6 heteroatoms. The monoisotopic (exact) mass is 681 g/mol. The SMILES string of the molecule is C=CC(C)=O.C\C=C(/C=C\C(C)=C\CCC)Oc1ccc(NC(=N/C=C/CCC)c2nc3c(cc2C)CCC(C)CN3CCCCC)cc1C. The smallest absolute Gasteiger partial charge is 0.156 e. The van der Waals surface area contributed by atoms with Crippen molar-refractivity contribution in [3.63, 3.8) is 0 Å². The summed E-state index contributed by atoms with van der Waals surface area (Å²) in [7, 11) is 0. The summed E-state index contributed by atoms with van der Waals surface area (Å²) in [6, 6.07) is 8.58. The van der Waals surface area contributed by atoms with Crippen LogP contribution in [0, 0.1) is 19.8 Å². The minimum absolute atomic E-state index is 0.0185. The summed E-state index contributed by atoms with van der Waals surface area (Å²) in [6.07, 6.45) is 24.0. The van der Waals surface area contributed by atoms with Gasteiger partial charge in [0.05, 0.1) is 0 Å². The Morgan fingerprint density at radius 2 is 1.80 bits per heavy atom. The number of pyridine rings is 1. The molecule has 0 saturated heterocycles. The molecule has 3 rings (SSSR count). The number of nitrogens with one attached hydrogen (secondary N) is 1. The Morgan fingerprint density at radius 3 is 2.44 bits per heavy atom. The molecule has 0 bridgehead atoms. The first kappa shape index (κ1) is 42.0. The molecule has 0 fully saturated rings. The number of ketones is 1. The van der Waals surface area contributed by atoms with E-state index in [0.717, 1.165) is 90.9 Å². The fourth-order valence-corrected chi connectivity index (χ4v) is 5.53. The van der Waals surface area contributed by atoms with Crippen LogP contribution in [0.1, 0.15) is 122 Å². The lowest BCUT2D eigenvalue weighted by Gasteiger charge is -2.27. The van der Waals surface area contributed by atoms with Crippen LogP contribution < -0.4 is 15.0 Å². The van der Waals surface area contributed by atoms with Gasteiger partial charge in [0.15, 0.2) is 11.6 Å². The molecule has 1 aromatic heterocycles. The average molecular weight is 681 g/mol. The van der Waals surface area contributed by atoms with E-state index in [9.17, 15) is 4.79 Å². The van der Waals surface area contributed by atoms with Gasteiger partial charge >= 0.3 is 0 Å². The number of hydrogen-bond donors (Lipinski definition) is 1. The third-order valence-electron chi connectivity index (χ3n) is 8.53. The quantitative estimate of drug-likeness (QED) is 0.0477. The molecule has 272 valence electrons. The van der Waals surface area contributed by atoms with Crippen LogP contribution in [-0.2, 0) is 11.2 Å². The van der Waals surface area contributed by atoms with Crippen molar-refractivity contribution < 1.29 is 9.53 Å². The molecule has 2 aromatic rings. The van der Waals surface area contributed by atoms with Gasteiger partial charge in [0.25, 0.3) is 0 Å². The van der Waals surface area contributed by atoms with Crippen LogP contribution >= 0.6 is 0 Å². The highest BCUT2D eigenvalue weighted by Gasteiger charge is 2.23. The highest BCUT2D eigenvalue weighted by molar-refractivity contribution is 6.08. The highest BCUT2D eigenvalue weighted by atomic mass is 16.5. The van der Waals surface area contributed by atoms with Crippen molar-refractivity contribution in [2.24, 2.45) is 10.9 Å². The largest absolute Gasteiger partial charge is 0.457 e. The van der Waals surface area contributed by atoms with Gasteiger partial charge in [-0.15, -0.1) is 0 Å². The van der Waals surface area contributed by atoms with E-state index in [2.05, 4.69) is 102 Å². The van der Waals surface area contributed by atoms with Crippen LogP contribution in [0.15, 0.2) is 89.8 Å². The van der Waals surface area contributed by atoms with E-state index in [4.69, 9.17) is 14.7 Å². The van der Waals surface area contributed by atoms with Crippen molar-refractivity contribution >= 4 is 23.1 Å². The third-order valence-corrected chi connectivity index (χ3v) is 8.53. The second-order valence-corrected chi connectivity index (χ2v) is 13.4. The Balaban J connectivity index is 0.00000161. The first-order valence-electron chi connectivity index (χ1n) is 18.7. The molecule has 6 nitrogen and oxygen atoms in total. The molecule has 0 aliphatic carbocycles. The van der Waals surface area contributed by atoms with E-state index in [1.165, 1.54) is 49.8 Å². The Labute approximate surface area is 304 Å². The lowest BCUT2D eigenvalue weighted by molar-refractivity contribution is -0.112. The van der Waals surface area contributed by atoms with Crippen LogP contribution in [0.5, 0.6) is 5.75 Å².